The molecule has 1 aliphatic heterocycles. The van der Waals surface area contributed by atoms with Gasteiger partial charge in [0.1, 0.15) is 4.83 Å². The van der Waals surface area contributed by atoms with Crippen LogP contribution in [0.2, 0.25) is 0 Å². The van der Waals surface area contributed by atoms with E-state index in [0.717, 1.165) is 42.1 Å². The zero-order valence-electron chi connectivity index (χ0n) is 15.3. The Morgan fingerprint density at radius 3 is 2.68 bits per heavy atom. The van der Waals surface area contributed by atoms with Crippen molar-refractivity contribution in [3.05, 3.63) is 20.8 Å². The minimum absolute atomic E-state index is 0.109. The second kappa shape index (κ2) is 7.08. The van der Waals surface area contributed by atoms with Crippen molar-refractivity contribution in [2.24, 2.45) is 0 Å². The van der Waals surface area contributed by atoms with Crippen LogP contribution in [0.5, 0.6) is 0 Å². The molecule has 0 spiro atoms. The average Bonchev–Trinajstić information content (AvgIpc) is 3.21. The first-order valence-corrected chi connectivity index (χ1v) is 10.5. The molecule has 136 valence electrons. The van der Waals surface area contributed by atoms with E-state index >= 15 is 0 Å². The molecule has 4 rings (SSSR count). The van der Waals surface area contributed by atoms with Crippen molar-refractivity contribution in [2.45, 2.75) is 58.4 Å². The number of aromatic nitrogens is 2. The van der Waals surface area contributed by atoms with Crippen molar-refractivity contribution in [2.75, 3.05) is 31.5 Å². The Morgan fingerprint density at radius 1 is 1.16 bits per heavy atom. The Balaban J connectivity index is 1.67. The third kappa shape index (κ3) is 3.22. The number of likely N-dealkylation sites (tertiary alicyclic amines) is 1. The molecule has 2 aromatic rings. The van der Waals surface area contributed by atoms with E-state index in [2.05, 4.69) is 24.1 Å². The number of hydrogen-bond acceptors (Lipinski definition) is 5. The van der Waals surface area contributed by atoms with Crippen molar-refractivity contribution < 1.29 is 0 Å². The van der Waals surface area contributed by atoms with Crippen LogP contribution in [0.3, 0.4) is 0 Å². The highest BCUT2D eigenvalue weighted by molar-refractivity contribution is 7.18. The molecule has 25 heavy (non-hydrogen) atoms. The Labute approximate surface area is 153 Å². The molecule has 6 heteroatoms. The third-order valence-electron chi connectivity index (χ3n) is 5.45. The van der Waals surface area contributed by atoms with Gasteiger partial charge in [-0.3, -0.25) is 9.36 Å². The highest BCUT2D eigenvalue weighted by Gasteiger charge is 2.23. The van der Waals surface area contributed by atoms with E-state index in [1.165, 1.54) is 49.2 Å². The summed E-state index contributed by atoms with van der Waals surface area (Å²) in [5, 5.41) is 4.34. The molecule has 0 amide bonds. The molecule has 0 bridgehead atoms. The standard InChI is InChI=1S/C19H28N4OS/c1-13(2)23-18(24)16-14-7-3-4-8-15(14)25-17(16)21-19(23)20-9-12-22-10-5-6-11-22/h13H,3-12H2,1-2H3,(H,20,21). The van der Waals surface area contributed by atoms with Crippen molar-refractivity contribution in [1.82, 2.24) is 14.5 Å². The Bertz CT molecular complexity index is 817. The normalized spacial score (nSPS) is 18.2. The van der Waals surface area contributed by atoms with Crippen molar-refractivity contribution in [3.8, 4) is 0 Å². The van der Waals surface area contributed by atoms with Gasteiger partial charge in [0.05, 0.1) is 5.39 Å². The summed E-state index contributed by atoms with van der Waals surface area (Å²) in [6.07, 6.45) is 7.18. The second-order valence-electron chi connectivity index (χ2n) is 7.57. The number of nitrogens with zero attached hydrogens (tertiary/aromatic N) is 3. The van der Waals surface area contributed by atoms with E-state index in [0.29, 0.717) is 0 Å². The smallest absolute Gasteiger partial charge is 0.264 e. The monoisotopic (exact) mass is 360 g/mol. The summed E-state index contributed by atoms with van der Waals surface area (Å²) in [6.45, 7) is 8.40. The third-order valence-corrected chi connectivity index (χ3v) is 6.63. The maximum Gasteiger partial charge on any atom is 0.264 e. The molecular formula is C19H28N4OS. The van der Waals surface area contributed by atoms with E-state index in [4.69, 9.17) is 4.98 Å². The van der Waals surface area contributed by atoms with Gasteiger partial charge in [-0.2, -0.15) is 0 Å². The summed E-state index contributed by atoms with van der Waals surface area (Å²) >= 11 is 1.73. The molecule has 0 saturated carbocycles. The topological polar surface area (TPSA) is 50.2 Å². The average molecular weight is 361 g/mol. The van der Waals surface area contributed by atoms with E-state index in [1.807, 2.05) is 4.57 Å². The summed E-state index contributed by atoms with van der Waals surface area (Å²) in [7, 11) is 0. The fraction of sp³-hybridized carbons (Fsp3) is 0.684. The van der Waals surface area contributed by atoms with Gasteiger partial charge in [-0.1, -0.05) is 0 Å². The number of thiophene rings is 1. The highest BCUT2D eigenvalue weighted by atomic mass is 32.1. The van der Waals surface area contributed by atoms with Crippen LogP contribution in [0, 0.1) is 0 Å². The van der Waals surface area contributed by atoms with Crippen LogP contribution in [-0.2, 0) is 12.8 Å². The minimum atomic E-state index is 0.109. The molecular weight excluding hydrogens is 332 g/mol. The van der Waals surface area contributed by atoms with Gasteiger partial charge >= 0.3 is 0 Å². The first-order valence-electron chi connectivity index (χ1n) is 9.68. The van der Waals surface area contributed by atoms with E-state index in [1.54, 1.807) is 11.3 Å². The van der Waals surface area contributed by atoms with Crippen LogP contribution < -0.4 is 10.9 Å². The van der Waals surface area contributed by atoms with Crippen LogP contribution in [0.25, 0.3) is 10.2 Å². The first kappa shape index (κ1) is 17.0. The predicted molar refractivity (Wildman–Crippen MR) is 105 cm³/mol. The number of aryl methyl sites for hydroxylation is 2. The van der Waals surface area contributed by atoms with Gasteiger partial charge in [0, 0.05) is 24.0 Å². The van der Waals surface area contributed by atoms with Crippen LogP contribution >= 0.6 is 11.3 Å². The summed E-state index contributed by atoms with van der Waals surface area (Å²) in [5.41, 5.74) is 1.42. The Morgan fingerprint density at radius 2 is 1.92 bits per heavy atom. The molecule has 2 aromatic heterocycles. The summed E-state index contributed by atoms with van der Waals surface area (Å²) in [5.74, 6) is 0.741. The summed E-state index contributed by atoms with van der Waals surface area (Å²) in [4.78, 5) is 22.9. The molecule has 1 saturated heterocycles. The molecule has 1 fully saturated rings. The lowest BCUT2D eigenvalue weighted by Gasteiger charge is -2.19. The van der Waals surface area contributed by atoms with Crippen LogP contribution in [0.4, 0.5) is 5.95 Å². The zero-order chi connectivity index (χ0) is 17.4. The predicted octanol–water partition coefficient (Wildman–Crippen LogP) is 3.43. The minimum Gasteiger partial charge on any atom is -0.354 e. The van der Waals surface area contributed by atoms with Crippen molar-refractivity contribution in [1.29, 1.82) is 0 Å². The molecule has 2 aliphatic rings. The summed E-state index contributed by atoms with van der Waals surface area (Å²) < 4.78 is 1.86. The fourth-order valence-electron chi connectivity index (χ4n) is 4.15. The number of nitrogens with one attached hydrogen (secondary N) is 1. The quantitative estimate of drug-likeness (QED) is 0.888. The van der Waals surface area contributed by atoms with Gasteiger partial charge in [0.25, 0.3) is 5.56 Å². The van der Waals surface area contributed by atoms with Crippen molar-refractivity contribution in [3.63, 3.8) is 0 Å². The summed E-state index contributed by atoms with van der Waals surface area (Å²) in [6, 6.07) is 0.109. The SMILES string of the molecule is CC(C)n1c(NCCN2CCCC2)nc2sc3c(c2c1=O)CCCC3. The largest absolute Gasteiger partial charge is 0.354 e. The van der Waals surface area contributed by atoms with Crippen LogP contribution in [-0.4, -0.2) is 40.6 Å². The number of hydrogen-bond donors (Lipinski definition) is 1. The molecule has 5 nitrogen and oxygen atoms in total. The lowest BCUT2D eigenvalue weighted by atomic mass is 9.97. The van der Waals surface area contributed by atoms with Crippen LogP contribution in [0.15, 0.2) is 4.79 Å². The first-order chi connectivity index (χ1) is 12.1. The fourth-order valence-corrected chi connectivity index (χ4v) is 5.41. The lowest BCUT2D eigenvalue weighted by molar-refractivity contribution is 0.352. The van der Waals surface area contributed by atoms with Gasteiger partial charge in [-0.25, -0.2) is 4.98 Å². The second-order valence-corrected chi connectivity index (χ2v) is 8.65. The number of fused-ring (bicyclic) bond motifs is 3. The zero-order valence-corrected chi connectivity index (χ0v) is 16.1. The van der Waals surface area contributed by atoms with Gasteiger partial charge in [0.15, 0.2) is 0 Å². The molecule has 3 heterocycles. The maximum atomic E-state index is 13.2. The number of rotatable bonds is 5. The van der Waals surface area contributed by atoms with Crippen molar-refractivity contribution >= 4 is 27.5 Å². The van der Waals surface area contributed by atoms with Gasteiger partial charge < -0.3 is 10.2 Å². The molecule has 0 radical (unpaired) electrons. The maximum absolute atomic E-state index is 13.2. The van der Waals surface area contributed by atoms with E-state index in [9.17, 15) is 4.79 Å². The molecule has 1 aliphatic carbocycles. The van der Waals surface area contributed by atoms with E-state index in [-0.39, 0.29) is 11.6 Å². The van der Waals surface area contributed by atoms with Gasteiger partial charge in [-0.05, 0) is 71.0 Å². The number of anilines is 1. The highest BCUT2D eigenvalue weighted by Crippen LogP contribution is 2.34. The van der Waals surface area contributed by atoms with Crippen LogP contribution in [0.1, 0.15) is 56.0 Å². The Kier molecular flexibility index (Phi) is 4.82. The molecule has 0 aromatic carbocycles. The molecule has 0 atom stereocenters. The lowest BCUT2D eigenvalue weighted by Crippen LogP contribution is -2.30. The molecule has 1 N–H and O–H groups in total. The Hall–Kier alpha value is -1.40. The van der Waals surface area contributed by atoms with Gasteiger partial charge in [-0.15, -0.1) is 11.3 Å². The van der Waals surface area contributed by atoms with E-state index < -0.39 is 0 Å². The molecule has 0 unspecified atom stereocenters. The van der Waals surface area contributed by atoms with Gasteiger partial charge in [0.2, 0.25) is 5.95 Å².